The third-order valence-electron chi connectivity index (χ3n) is 2.38. The zero-order chi connectivity index (χ0) is 11.3. The Morgan fingerprint density at radius 1 is 1.47 bits per heavy atom. The zero-order valence-corrected chi connectivity index (χ0v) is 9.03. The molecular weight excluding hydrogens is 196 g/mol. The number of carbonyl (C=O) groups is 2. The molecule has 0 spiro atoms. The van der Waals surface area contributed by atoms with Gasteiger partial charge in [-0.05, 0) is 25.3 Å². The third-order valence-corrected chi connectivity index (χ3v) is 2.38. The van der Waals surface area contributed by atoms with Crippen LogP contribution >= 0.6 is 0 Å². The number of likely N-dealkylation sites (N-methyl/N-ethyl adjacent to an activating group) is 1. The van der Waals surface area contributed by atoms with E-state index < -0.39 is 5.97 Å². The number of nitrogens with zero attached hydrogens (tertiary/aromatic N) is 1. The Morgan fingerprint density at radius 2 is 2.13 bits per heavy atom. The highest BCUT2D eigenvalue weighted by atomic mass is 16.4. The van der Waals surface area contributed by atoms with Crippen LogP contribution in [-0.2, 0) is 9.59 Å². The first-order valence-corrected chi connectivity index (χ1v) is 5.33. The predicted molar refractivity (Wildman–Crippen MR) is 55.5 cm³/mol. The SMILES string of the molecule is CCNCC(=O)N(CC(=O)O)CC1CC1. The van der Waals surface area contributed by atoms with Gasteiger partial charge in [-0.25, -0.2) is 0 Å². The first-order chi connectivity index (χ1) is 7.13. The van der Waals surface area contributed by atoms with Gasteiger partial charge in [-0.1, -0.05) is 6.92 Å². The second-order valence-corrected chi connectivity index (χ2v) is 3.89. The largest absolute Gasteiger partial charge is 0.480 e. The van der Waals surface area contributed by atoms with Gasteiger partial charge in [0.25, 0.3) is 0 Å². The number of hydrogen-bond acceptors (Lipinski definition) is 3. The Labute approximate surface area is 89.4 Å². The van der Waals surface area contributed by atoms with Crippen molar-refractivity contribution in [3.63, 3.8) is 0 Å². The number of aliphatic carboxylic acids is 1. The number of carboxylic acid groups (broad SMARTS) is 1. The Hall–Kier alpha value is -1.10. The minimum Gasteiger partial charge on any atom is -0.480 e. The molecule has 86 valence electrons. The van der Waals surface area contributed by atoms with Gasteiger partial charge in [-0.2, -0.15) is 0 Å². The van der Waals surface area contributed by atoms with Crippen LogP contribution in [0.5, 0.6) is 0 Å². The Bertz CT molecular complexity index is 239. The molecule has 1 fully saturated rings. The highest BCUT2D eigenvalue weighted by Crippen LogP contribution is 2.29. The first kappa shape index (κ1) is 12.0. The van der Waals surface area contributed by atoms with Crippen LogP contribution in [0, 0.1) is 5.92 Å². The summed E-state index contributed by atoms with van der Waals surface area (Å²) in [5.41, 5.74) is 0. The van der Waals surface area contributed by atoms with E-state index in [1.54, 1.807) is 0 Å². The lowest BCUT2D eigenvalue weighted by Crippen LogP contribution is -2.42. The summed E-state index contributed by atoms with van der Waals surface area (Å²) >= 11 is 0. The maximum absolute atomic E-state index is 11.6. The van der Waals surface area contributed by atoms with Crippen LogP contribution in [0.4, 0.5) is 0 Å². The van der Waals surface area contributed by atoms with Crippen molar-refractivity contribution >= 4 is 11.9 Å². The summed E-state index contributed by atoms with van der Waals surface area (Å²) in [6.45, 7) is 3.28. The van der Waals surface area contributed by atoms with Crippen molar-refractivity contribution in [3.05, 3.63) is 0 Å². The molecule has 1 aliphatic rings. The number of carboxylic acids is 1. The molecule has 2 N–H and O–H groups in total. The molecule has 0 heterocycles. The quantitative estimate of drug-likeness (QED) is 0.622. The monoisotopic (exact) mass is 214 g/mol. The molecule has 0 saturated heterocycles. The van der Waals surface area contributed by atoms with E-state index in [0.717, 1.165) is 19.4 Å². The zero-order valence-electron chi connectivity index (χ0n) is 9.03. The van der Waals surface area contributed by atoms with Crippen LogP contribution in [0.1, 0.15) is 19.8 Å². The molecular formula is C10H18N2O3. The van der Waals surface area contributed by atoms with E-state index in [0.29, 0.717) is 12.5 Å². The fraction of sp³-hybridized carbons (Fsp3) is 0.800. The fourth-order valence-corrected chi connectivity index (χ4v) is 1.37. The molecule has 0 unspecified atom stereocenters. The van der Waals surface area contributed by atoms with Crippen molar-refractivity contribution in [2.24, 2.45) is 5.92 Å². The number of carbonyl (C=O) groups excluding carboxylic acids is 1. The molecule has 1 amide bonds. The summed E-state index contributed by atoms with van der Waals surface area (Å²) in [7, 11) is 0. The molecule has 15 heavy (non-hydrogen) atoms. The van der Waals surface area contributed by atoms with E-state index in [1.165, 1.54) is 4.90 Å². The van der Waals surface area contributed by atoms with Crippen molar-refractivity contribution < 1.29 is 14.7 Å². The highest BCUT2D eigenvalue weighted by molar-refractivity contribution is 5.82. The van der Waals surface area contributed by atoms with Crippen LogP contribution in [0.25, 0.3) is 0 Å². The predicted octanol–water partition coefficient (Wildman–Crippen LogP) is -0.0809. The maximum atomic E-state index is 11.6. The van der Waals surface area contributed by atoms with Gasteiger partial charge in [0.1, 0.15) is 6.54 Å². The van der Waals surface area contributed by atoms with Crippen LogP contribution in [-0.4, -0.2) is 48.1 Å². The van der Waals surface area contributed by atoms with Gasteiger partial charge in [0.2, 0.25) is 5.91 Å². The van der Waals surface area contributed by atoms with E-state index in [2.05, 4.69) is 5.32 Å². The molecule has 1 aliphatic carbocycles. The molecule has 0 aromatic rings. The fourth-order valence-electron chi connectivity index (χ4n) is 1.37. The van der Waals surface area contributed by atoms with Crippen LogP contribution in [0.3, 0.4) is 0 Å². The number of nitrogens with one attached hydrogen (secondary N) is 1. The normalized spacial score (nSPS) is 15.0. The van der Waals surface area contributed by atoms with Gasteiger partial charge in [-0.15, -0.1) is 0 Å². The van der Waals surface area contributed by atoms with E-state index in [4.69, 9.17) is 5.11 Å². The maximum Gasteiger partial charge on any atom is 0.323 e. The van der Waals surface area contributed by atoms with Crippen molar-refractivity contribution in [1.29, 1.82) is 0 Å². The van der Waals surface area contributed by atoms with Gasteiger partial charge in [-0.3, -0.25) is 9.59 Å². The second kappa shape index (κ2) is 5.70. The van der Waals surface area contributed by atoms with Gasteiger partial charge < -0.3 is 15.3 Å². The summed E-state index contributed by atoms with van der Waals surface area (Å²) in [5.74, 6) is -0.540. The van der Waals surface area contributed by atoms with E-state index >= 15 is 0 Å². The van der Waals surface area contributed by atoms with Crippen molar-refractivity contribution in [1.82, 2.24) is 10.2 Å². The summed E-state index contributed by atoms with van der Waals surface area (Å²) in [6, 6.07) is 0. The average molecular weight is 214 g/mol. The Kier molecular flexibility index (Phi) is 4.55. The average Bonchev–Trinajstić information content (AvgIpc) is 2.96. The molecule has 0 atom stereocenters. The van der Waals surface area contributed by atoms with E-state index in [1.807, 2.05) is 6.92 Å². The summed E-state index contributed by atoms with van der Waals surface area (Å²) in [5, 5.41) is 11.6. The molecule has 5 nitrogen and oxygen atoms in total. The molecule has 0 aliphatic heterocycles. The summed E-state index contributed by atoms with van der Waals surface area (Å²) in [6.07, 6.45) is 2.23. The Balaban J connectivity index is 2.37. The second-order valence-electron chi connectivity index (χ2n) is 3.89. The lowest BCUT2D eigenvalue weighted by Gasteiger charge is -2.20. The van der Waals surface area contributed by atoms with Crippen molar-refractivity contribution in [2.75, 3.05) is 26.2 Å². The van der Waals surface area contributed by atoms with E-state index in [9.17, 15) is 9.59 Å². The number of hydrogen-bond donors (Lipinski definition) is 2. The molecule has 1 rings (SSSR count). The molecule has 1 saturated carbocycles. The topological polar surface area (TPSA) is 69.6 Å². The van der Waals surface area contributed by atoms with Crippen molar-refractivity contribution in [2.45, 2.75) is 19.8 Å². The van der Waals surface area contributed by atoms with E-state index in [-0.39, 0.29) is 19.0 Å². The minimum atomic E-state index is -0.944. The Morgan fingerprint density at radius 3 is 2.60 bits per heavy atom. The molecule has 5 heteroatoms. The smallest absolute Gasteiger partial charge is 0.323 e. The molecule has 0 aromatic carbocycles. The minimum absolute atomic E-state index is 0.119. The molecule has 0 aromatic heterocycles. The van der Waals surface area contributed by atoms with Gasteiger partial charge in [0.05, 0.1) is 6.54 Å². The number of amides is 1. The first-order valence-electron chi connectivity index (χ1n) is 5.33. The molecule has 0 bridgehead atoms. The van der Waals surface area contributed by atoms with Crippen LogP contribution in [0.2, 0.25) is 0 Å². The lowest BCUT2D eigenvalue weighted by atomic mass is 10.3. The number of rotatable bonds is 7. The van der Waals surface area contributed by atoms with Crippen LogP contribution in [0.15, 0.2) is 0 Å². The highest BCUT2D eigenvalue weighted by Gasteiger charge is 2.27. The summed E-state index contributed by atoms with van der Waals surface area (Å²) < 4.78 is 0. The van der Waals surface area contributed by atoms with Gasteiger partial charge >= 0.3 is 5.97 Å². The van der Waals surface area contributed by atoms with Gasteiger partial charge in [0, 0.05) is 6.54 Å². The standard InChI is InChI=1S/C10H18N2O3/c1-2-11-5-9(13)12(7-10(14)15)6-8-3-4-8/h8,11H,2-7H2,1H3,(H,14,15). The molecule has 0 radical (unpaired) electrons. The van der Waals surface area contributed by atoms with Gasteiger partial charge in [0.15, 0.2) is 0 Å². The van der Waals surface area contributed by atoms with Crippen LogP contribution < -0.4 is 5.32 Å². The van der Waals surface area contributed by atoms with Crippen molar-refractivity contribution in [3.8, 4) is 0 Å². The summed E-state index contributed by atoms with van der Waals surface area (Å²) in [4.78, 5) is 23.6. The third kappa shape index (κ3) is 4.78. The lowest BCUT2D eigenvalue weighted by molar-refractivity contribution is -0.144.